The Morgan fingerprint density at radius 2 is 1.35 bits per heavy atom. The van der Waals surface area contributed by atoms with E-state index in [0.717, 1.165) is 66.9 Å². The van der Waals surface area contributed by atoms with Crippen LogP contribution in [-0.4, -0.2) is 68.2 Å². The quantitative estimate of drug-likeness (QED) is 0.144. The number of nitrogens with one attached hydrogen (secondary N) is 1. The summed E-state index contributed by atoms with van der Waals surface area (Å²) in [6.07, 6.45) is 4.56. The van der Waals surface area contributed by atoms with Gasteiger partial charge in [0.1, 0.15) is 40.5 Å². The Bertz CT molecular complexity index is 2050. The number of amides is 2. The lowest BCUT2D eigenvalue weighted by Gasteiger charge is -2.27. The molecular formula is C39H46Br2N6O5. The standard InChI is InChI=1S/C24H28BrN3O3.C15H18BrN3O2/c1-5-27-14-26-21-11-19(25)12-22(24(21)27)31-16(3)18-10-23(29)28(13-18)15(2)17-6-8-20(30-4)9-7-17;1-3-19-8-18-12-5-11(16)6-13(15(12)19)21-9(2)10-4-14(20)17-7-10/h6-9,11-12,14-16,18H,5,10,13H2,1-4H3;5-6,8-10H,3-4,7H2,1-2H3,(H,17,20)/t15-,16-,18-;9-,10-/m11/s1. The number of benzene rings is 3. The number of fused-ring (bicyclic) bond motifs is 2. The fourth-order valence-electron chi connectivity index (χ4n) is 7.00. The first kappa shape index (κ1) is 37.7. The SMILES string of the molecule is CCn1cnc2cc(Br)cc(O[C@H](C)[C@@H]3CC(=O)N([C@H](C)c4ccc(OC)cc4)C3)c21.CCn1cnc2cc(Br)cc(O[C@H](C)[C@H]3CNC(=O)C3)c21. The maximum atomic E-state index is 12.8. The van der Waals surface area contributed by atoms with Crippen molar-refractivity contribution >= 4 is 65.7 Å². The number of nitrogens with zero attached hydrogens (tertiary/aromatic N) is 5. The lowest BCUT2D eigenvalue weighted by molar-refractivity contribution is -0.129. The predicted molar refractivity (Wildman–Crippen MR) is 209 cm³/mol. The van der Waals surface area contributed by atoms with Gasteiger partial charge in [0.2, 0.25) is 11.8 Å². The van der Waals surface area contributed by atoms with E-state index in [1.54, 1.807) is 7.11 Å². The number of methoxy groups -OCH3 is 1. The van der Waals surface area contributed by atoms with Crippen LogP contribution >= 0.6 is 31.9 Å². The van der Waals surface area contributed by atoms with Gasteiger partial charge in [0, 0.05) is 59.8 Å². The third-order valence-electron chi connectivity index (χ3n) is 10.2. The van der Waals surface area contributed by atoms with Crippen LogP contribution in [0.25, 0.3) is 22.1 Å². The molecule has 11 nitrogen and oxygen atoms in total. The molecule has 0 radical (unpaired) electrons. The van der Waals surface area contributed by atoms with Crippen LogP contribution in [0, 0.1) is 11.8 Å². The molecule has 2 amide bonds. The third-order valence-corrected chi connectivity index (χ3v) is 11.1. The van der Waals surface area contributed by atoms with E-state index in [1.807, 2.05) is 73.0 Å². The summed E-state index contributed by atoms with van der Waals surface area (Å²) in [5.74, 6) is 3.03. The first-order chi connectivity index (χ1) is 25.0. The number of carbonyl (C=O) groups is 2. The fourth-order valence-corrected chi connectivity index (χ4v) is 7.85. The first-order valence-corrected chi connectivity index (χ1v) is 19.4. The summed E-state index contributed by atoms with van der Waals surface area (Å²) in [6.45, 7) is 13.3. The van der Waals surface area contributed by atoms with E-state index >= 15 is 0 Å². The van der Waals surface area contributed by atoms with Crippen molar-refractivity contribution in [1.82, 2.24) is 29.3 Å². The first-order valence-electron chi connectivity index (χ1n) is 17.8. The molecule has 2 saturated heterocycles. The fraction of sp³-hybridized carbons (Fsp3) is 0.436. The Kier molecular flexibility index (Phi) is 11.8. The van der Waals surface area contributed by atoms with E-state index in [0.29, 0.717) is 25.9 Å². The molecule has 276 valence electrons. The van der Waals surface area contributed by atoms with Crippen molar-refractivity contribution in [3.63, 3.8) is 0 Å². The van der Waals surface area contributed by atoms with Gasteiger partial charge in [-0.15, -0.1) is 0 Å². The Hall–Kier alpha value is -4.10. The molecule has 2 aromatic heterocycles. The highest BCUT2D eigenvalue weighted by atomic mass is 79.9. The monoisotopic (exact) mass is 836 g/mol. The van der Waals surface area contributed by atoms with Crippen molar-refractivity contribution in [3.8, 4) is 17.2 Å². The normalized spacial score (nSPS) is 19.0. The van der Waals surface area contributed by atoms with Gasteiger partial charge in [-0.2, -0.15) is 0 Å². The lowest BCUT2D eigenvalue weighted by atomic mass is 10.0. The van der Waals surface area contributed by atoms with Gasteiger partial charge in [0.15, 0.2) is 0 Å². The number of halogens is 2. The van der Waals surface area contributed by atoms with Gasteiger partial charge in [-0.05, 0) is 76.6 Å². The van der Waals surface area contributed by atoms with Crippen LogP contribution in [-0.2, 0) is 22.7 Å². The summed E-state index contributed by atoms with van der Waals surface area (Å²) < 4.78 is 23.9. The Labute approximate surface area is 321 Å². The molecule has 2 aliphatic rings. The second-order valence-corrected chi connectivity index (χ2v) is 15.3. The molecule has 0 aliphatic carbocycles. The summed E-state index contributed by atoms with van der Waals surface area (Å²) in [6, 6.07) is 15.9. The number of imidazole rings is 2. The third kappa shape index (κ3) is 8.10. The maximum Gasteiger partial charge on any atom is 0.223 e. The van der Waals surface area contributed by atoms with Crippen LogP contribution in [0.15, 0.2) is 70.1 Å². The van der Waals surface area contributed by atoms with Gasteiger partial charge < -0.3 is 33.6 Å². The van der Waals surface area contributed by atoms with Gasteiger partial charge in [-0.25, -0.2) is 9.97 Å². The highest BCUT2D eigenvalue weighted by Gasteiger charge is 2.37. The van der Waals surface area contributed by atoms with Crippen LogP contribution in [0.1, 0.15) is 59.1 Å². The van der Waals surface area contributed by atoms with Crippen LogP contribution < -0.4 is 19.5 Å². The number of aryl methyl sites for hydroxylation is 2. The molecule has 2 fully saturated rings. The number of ether oxygens (including phenoxy) is 3. The van der Waals surface area contributed by atoms with Crippen molar-refractivity contribution in [1.29, 1.82) is 0 Å². The molecule has 0 unspecified atom stereocenters. The van der Waals surface area contributed by atoms with Crippen molar-refractivity contribution < 1.29 is 23.8 Å². The molecule has 5 atom stereocenters. The van der Waals surface area contributed by atoms with E-state index in [4.69, 9.17) is 14.2 Å². The topological polar surface area (TPSA) is 113 Å². The zero-order valence-electron chi connectivity index (χ0n) is 30.4. The molecule has 52 heavy (non-hydrogen) atoms. The largest absolute Gasteiger partial charge is 0.497 e. The Balaban J connectivity index is 0.000000192. The summed E-state index contributed by atoms with van der Waals surface area (Å²) in [5.41, 5.74) is 4.91. The molecule has 2 aliphatic heterocycles. The molecule has 7 rings (SSSR count). The maximum absolute atomic E-state index is 12.8. The number of hydrogen-bond donors (Lipinski definition) is 1. The number of carbonyl (C=O) groups excluding carboxylic acids is 2. The Morgan fingerprint density at radius 1 is 0.808 bits per heavy atom. The van der Waals surface area contributed by atoms with Crippen molar-refractivity contribution in [2.45, 2.75) is 78.8 Å². The average molecular weight is 839 g/mol. The minimum absolute atomic E-state index is 0.00899. The van der Waals surface area contributed by atoms with Crippen molar-refractivity contribution in [2.24, 2.45) is 11.8 Å². The minimum atomic E-state index is -0.102. The van der Waals surface area contributed by atoms with Gasteiger partial charge in [0.05, 0.1) is 36.8 Å². The molecule has 0 bridgehead atoms. The highest BCUT2D eigenvalue weighted by Crippen LogP contribution is 2.36. The summed E-state index contributed by atoms with van der Waals surface area (Å²) in [7, 11) is 1.65. The number of rotatable bonds is 11. The second kappa shape index (κ2) is 16.3. The lowest BCUT2D eigenvalue weighted by Crippen LogP contribution is -2.31. The van der Waals surface area contributed by atoms with Crippen molar-refractivity contribution in [2.75, 3.05) is 20.2 Å². The Morgan fingerprint density at radius 3 is 1.83 bits per heavy atom. The molecular weight excluding hydrogens is 792 g/mol. The molecule has 0 spiro atoms. The summed E-state index contributed by atoms with van der Waals surface area (Å²) in [5, 5.41) is 2.86. The van der Waals surface area contributed by atoms with E-state index in [2.05, 4.69) is 84.0 Å². The van der Waals surface area contributed by atoms with E-state index in [9.17, 15) is 9.59 Å². The molecule has 13 heteroatoms. The van der Waals surface area contributed by atoms with Crippen molar-refractivity contribution in [3.05, 3.63) is 75.7 Å². The average Bonchev–Trinajstić information content (AvgIpc) is 3.94. The van der Waals surface area contributed by atoms with Crippen LogP contribution in [0.5, 0.6) is 17.2 Å². The molecule has 5 aromatic rings. The van der Waals surface area contributed by atoms with Crippen LogP contribution in [0.2, 0.25) is 0 Å². The van der Waals surface area contributed by atoms with E-state index in [1.165, 1.54) is 0 Å². The molecule has 4 heterocycles. The highest BCUT2D eigenvalue weighted by molar-refractivity contribution is 9.10. The summed E-state index contributed by atoms with van der Waals surface area (Å²) in [4.78, 5) is 35.0. The zero-order chi connectivity index (χ0) is 37.1. The van der Waals surface area contributed by atoms with Crippen LogP contribution in [0.4, 0.5) is 0 Å². The predicted octanol–water partition coefficient (Wildman–Crippen LogP) is 7.93. The van der Waals surface area contributed by atoms with Crippen LogP contribution in [0.3, 0.4) is 0 Å². The number of likely N-dealkylation sites (tertiary alicyclic amines) is 1. The van der Waals surface area contributed by atoms with Gasteiger partial charge in [-0.3, -0.25) is 9.59 Å². The van der Waals surface area contributed by atoms with Gasteiger partial charge in [0.25, 0.3) is 0 Å². The molecule has 3 aromatic carbocycles. The number of hydrogen-bond acceptors (Lipinski definition) is 7. The second-order valence-electron chi connectivity index (χ2n) is 13.5. The van der Waals surface area contributed by atoms with Gasteiger partial charge in [-0.1, -0.05) is 44.0 Å². The van der Waals surface area contributed by atoms with E-state index < -0.39 is 0 Å². The zero-order valence-corrected chi connectivity index (χ0v) is 33.6. The van der Waals surface area contributed by atoms with E-state index in [-0.39, 0.29) is 41.9 Å². The van der Waals surface area contributed by atoms with Gasteiger partial charge >= 0.3 is 0 Å². The molecule has 1 N–H and O–H groups in total. The molecule has 0 saturated carbocycles. The number of aromatic nitrogens is 4. The minimum Gasteiger partial charge on any atom is -0.497 e. The smallest absolute Gasteiger partial charge is 0.223 e. The summed E-state index contributed by atoms with van der Waals surface area (Å²) >= 11 is 7.06.